The molecular formula is C27H38N6O2. The minimum absolute atomic E-state index is 0.268. The van der Waals surface area contributed by atoms with Crippen molar-refractivity contribution in [3.63, 3.8) is 0 Å². The zero-order valence-electron chi connectivity index (χ0n) is 21.0. The first-order chi connectivity index (χ1) is 17.1. The lowest BCUT2D eigenvalue weighted by Gasteiger charge is -2.39. The van der Waals surface area contributed by atoms with Crippen LogP contribution in [0.4, 0.5) is 22.0 Å². The highest BCUT2D eigenvalue weighted by molar-refractivity contribution is 6.16. The molecule has 4 rings (SSSR count). The summed E-state index contributed by atoms with van der Waals surface area (Å²) in [5.74, 6) is 0.0776. The Morgan fingerprint density at radius 1 is 1.14 bits per heavy atom. The quantitative estimate of drug-likeness (QED) is 0.556. The van der Waals surface area contributed by atoms with Crippen LogP contribution in [0.25, 0.3) is 0 Å². The number of benzene rings is 1. The summed E-state index contributed by atoms with van der Waals surface area (Å²) in [4.78, 5) is 37.3. The topological polar surface area (TPSA) is 80.8 Å². The number of hydrogen-bond acceptors (Lipinski definition) is 5. The molecule has 1 fully saturated rings. The van der Waals surface area contributed by atoms with Gasteiger partial charge in [0.2, 0.25) is 0 Å². The van der Waals surface area contributed by atoms with Crippen molar-refractivity contribution < 1.29 is 9.59 Å². The fraction of sp³-hybridized carbons (Fsp3) is 0.519. The SMILES string of the molecule is CCCN(CCC)CC1CCCCN1CCNC(=O)N1c2ccccc2NC(=O)c2cccnc21. The average molecular weight is 479 g/mol. The first-order valence-corrected chi connectivity index (χ1v) is 13.0. The number of urea groups is 1. The second-order valence-corrected chi connectivity index (χ2v) is 9.40. The highest BCUT2D eigenvalue weighted by Gasteiger charge is 2.30. The van der Waals surface area contributed by atoms with Crippen molar-refractivity contribution in [1.82, 2.24) is 20.1 Å². The number of carbonyl (C=O) groups excluding carboxylic acids is 2. The molecule has 1 saturated heterocycles. The molecule has 1 aromatic carbocycles. The van der Waals surface area contributed by atoms with Crippen molar-refractivity contribution in [3.05, 3.63) is 48.2 Å². The molecule has 1 aromatic heterocycles. The Morgan fingerprint density at radius 3 is 2.74 bits per heavy atom. The summed E-state index contributed by atoms with van der Waals surface area (Å²) >= 11 is 0. The van der Waals surface area contributed by atoms with Crippen LogP contribution in [-0.4, -0.2) is 72.0 Å². The van der Waals surface area contributed by atoms with Crippen LogP contribution in [0.5, 0.6) is 0 Å². The molecule has 3 amide bonds. The highest BCUT2D eigenvalue weighted by Crippen LogP contribution is 2.36. The van der Waals surface area contributed by atoms with Crippen molar-refractivity contribution in [2.75, 3.05) is 49.5 Å². The van der Waals surface area contributed by atoms with E-state index < -0.39 is 0 Å². The molecule has 2 N–H and O–H groups in total. The Labute approximate surface area is 208 Å². The molecule has 0 saturated carbocycles. The Morgan fingerprint density at radius 2 is 1.94 bits per heavy atom. The second-order valence-electron chi connectivity index (χ2n) is 9.40. The van der Waals surface area contributed by atoms with Gasteiger partial charge >= 0.3 is 6.03 Å². The standard InChI is InChI=1S/C27H38N6O2/c1-3-16-31(17-4-2)20-21-10-7-8-18-32(21)19-15-29-27(35)33-24-13-6-5-12-23(24)30-26(34)22-11-9-14-28-25(22)33/h5-6,9,11-14,21H,3-4,7-8,10,15-20H2,1-2H3,(H,29,35)(H,30,34). The van der Waals surface area contributed by atoms with Crippen LogP contribution < -0.4 is 15.5 Å². The zero-order valence-corrected chi connectivity index (χ0v) is 21.0. The van der Waals surface area contributed by atoms with Gasteiger partial charge in [0.1, 0.15) is 0 Å². The zero-order chi connectivity index (χ0) is 24.6. The Kier molecular flexibility index (Phi) is 8.71. The predicted molar refractivity (Wildman–Crippen MR) is 140 cm³/mol. The summed E-state index contributed by atoms with van der Waals surface area (Å²) in [7, 11) is 0. The van der Waals surface area contributed by atoms with E-state index in [1.165, 1.54) is 37.0 Å². The number of nitrogens with one attached hydrogen (secondary N) is 2. The van der Waals surface area contributed by atoms with Crippen LogP contribution in [0, 0.1) is 0 Å². The second kappa shape index (κ2) is 12.1. The van der Waals surface area contributed by atoms with Gasteiger partial charge in [-0.05, 0) is 69.6 Å². The third kappa shape index (κ3) is 6.00. The van der Waals surface area contributed by atoms with Gasteiger partial charge < -0.3 is 15.5 Å². The lowest BCUT2D eigenvalue weighted by atomic mass is 10.0. The normalized spacial score (nSPS) is 18.0. The molecule has 188 valence electrons. The molecular weight excluding hydrogens is 440 g/mol. The fourth-order valence-corrected chi connectivity index (χ4v) is 5.21. The lowest BCUT2D eigenvalue weighted by molar-refractivity contribution is 0.102. The van der Waals surface area contributed by atoms with Gasteiger partial charge in [-0.3, -0.25) is 9.69 Å². The number of nitrogens with zero attached hydrogens (tertiary/aromatic N) is 4. The van der Waals surface area contributed by atoms with Crippen LogP contribution in [0.3, 0.4) is 0 Å². The number of hydrogen-bond donors (Lipinski definition) is 2. The van der Waals surface area contributed by atoms with E-state index in [1.54, 1.807) is 24.4 Å². The van der Waals surface area contributed by atoms with Crippen molar-refractivity contribution >= 4 is 29.1 Å². The smallest absolute Gasteiger partial charge is 0.327 e. The molecule has 1 atom stereocenters. The van der Waals surface area contributed by atoms with E-state index in [-0.39, 0.29) is 11.9 Å². The highest BCUT2D eigenvalue weighted by atomic mass is 16.2. The summed E-state index contributed by atoms with van der Waals surface area (Å²) < 4.78 is 0. The molecule has 0 bridgehead atoms. The number of para-hydroxylation sites is 2. The fourth-order valence-electron chi connectivity index (χ4n) is 5.21. The van der Waals surface area contributed by atoms with Crippen LogP contribution in [0.2, 0.25) is 0 Å². The van der Waals surface area contributed by atoms with Crippen molar-refractivity contribution in [1.29, 1.82) is 0 Å². The number of piperidine rings is 1. The molecule has 2 aromatic rings. The van der Waals surface area contributed by atoms with Gasteiger partial charge in [0, 0.05) is 31.9 Å². The third-order valence-electron chi connectivity index (χ3n) is 6.81. The molecule has 0 aliphatic carbocycles. The summed E-state index contributed by atoms with van der Waals surface area (Å²) in [5.41, 5.74) is 1.58. The molecule has 0 spiro atoms. The van der Waals surface area contributed by atoms with Gasteiger partial charge in [0.25, 0.3) is 5.91 Å². The maximum Gasteiger partial charge on any atom is 0.327 e. The van der Waals surface area contributed by atoms with Gasteiger partial charge in [-0.1, -0.05) is 32.4 Å². The molecule has 8 heteroatoms. The Balaban J connectivity index is 1.44. The van der Waals surface area contributed by atoms with Crippen LogP contribution in [0.1, 0.15) is 56.3 Å². The number of likely N-dealkylation sites (tertiary alicyclic amines) is 1. The van der Waals surface area contributed by atoms with E-state index in [4.69, 9.17) is 0 Å². The molecule has 3 heterocycles. The number of rotatable bonds is 9. The lowest BCUT2D eigenvalue weighted by Crippen LogP contribution is -2.50. The molecule has 35 heavy (non-hydrogen) atoms. The van der Waals surface area contributed by atoms with Crippen LogP contribution in [0.15, 0.2) is 42.6 Å². The summed E-state index contributed by atoms with van der Waals surface area (Å²) in [6.07, 6.45) is 7.64. The summed E-state index contributed by atoms with van der Waals surface area (Å²) in [5, 5.41) is 6.00. The Hall–Kier alpha value is -2.97. The summed E-state index contributed by atoms with van der Waals surface area (Å²) in [6.45, 7) is 10.3. The number of pyridine rings is 1. The van der Waals surface area contributed by atoms with Crippen molar-refractivity contribution in [3.8, 4) is 0 Å². The van der Waals surface area contributed by atoms with Crippen LogP contribution in [-0.2, 0) is 0 Å². The van der Waals surface area contributed by atoms with E-state index in [2.05, 4.69) is 39.3 Å². The largest absolute Gasteiger partial charge is 0.336 e. The molecule has 2 aliphatic rings. The number of fused-ring (bicyclic) bond motifs is 2. The van der Waals surface area contributed by atoms with Gasteiger partial charge in [-0.15, -0.1) is 0 Å². The van der Waals surface area contributed by atoms with Crippen molar-refractivity contribution in [2.24, 2.45) is 0 Å². The van der Waals surface area contributed by atoms with Gasteiger partial charge in [0.15, 0.2) is 5.82 Å². The predicted octanol–water partition coefficient (Wildman–Crippen LogP) is 4.47. The maximum absolute atomic E-state index is 13.5. The monoisotopic (exact) mass is 478 g/mol. The first-order valence-electron chi connectivity index (χ1n) is 13.0. The van der Waals surface area contributed by atoms with E-state index in [0.29, 0.717) is 35.3 Å². The minimum atomic E-state index is -0.277. The van der Waals surface area contributed by atoms with E-state index in [9.17, 15) is 9.59 Å². The van der Waals surface area contributed by atoms with E-state index >= 15 is 0 Å². The summed E-state index contributed by atoms with van der Waals surface area (Å²) in [6, 6.07) is 11.0. The number of anilines is 3. The molecule has 1 unspecified atom stereocenters. The van der Waals surface area contributed by atoms with E-state index in [1.807, 2.05) is 18.2 Å². The van der Waals surface area contributed by atoms with Gasteiger partial charge in [-0.2, -0.15) is 0 Å². The average Bonchev–Trinajstić information content (AvgIpc) is 2.99. The maximum atomic E-state index is 13.5. The number of amides is 3. The van der Waals surface area contributed by atoms with E-state index in [0.717, 1.165) is 32.7 Å². The third-order valence-corrected chi connectivity index (χ3v) is 6.81. The van der Waals surface area contributed by atoms with Gasteiger partial charge in [0.05, 0.1) is 16.9 Å². The van der Waals surface area contributed by atoms with Gasteiger partial charge in [-0.25, -0.2) is 14.7 Å². The number of aromatic nitrogens is 1. The molecule has 2 aliphatic heterocycles. The van der Waals surface area contributed by atoms with Crippen LogP contribution >= 0.6 is 0 Å². The minimum Gasteiger partial charge on any atom is -0.336 e. The Bertz CT molecular complexity index is 1010. The first kappa shape index (κ1) is 25.1. The van der Waals surface area contributed by atoms with Crippen molar-refractivity contribution in [2.45, 2.75) is 52.0 Å². The number of carbonyl (C=O) groups is 2. The molecule has 0 radical (unpaired) electrons. The molecule has 8 nitrogen and oxygen atoms in total.